The highest BCUT2D eigenvalue weighted by Gasteiger charge is 2.16. The number of hydrogen-bond donors (Lipinski definition) is 2. The van der Waals surface area contributed by atoms with Crippen molar-refractivity contribution in [1.82, 2.24) is 10.3 Å². The summed E-state index contributed by atoms with van der Waals surface area (Å²) >= 11 is 7.52. The molecule has 0 radical (unpaired) electrons. The Labute approximate surface area is 151 Å². The van der Waals surface area contributed by atoms with Gasteiger partial charge in [-0.15, -0.1) is 23.7 Å². The number of nitrogens with two attached hydrogens (primary N) is 1. The van der Waals surface area contributed by atoms with Crippen LogP contribution in [-0.2, 0) is 4.79 Å². The SMILES string of the molecule is Cc1sc(C(C)NC(=O)CCCN)nc1-c1ccc(Cl)cc1.Cl. The predicted molar refractivity (Wildman–Crippen MR) is 99.4 cm³/mol. The molecular formula is C16H21Cl2N3OS. The van der Waals surface area contributed by atoms with Crippen LogP contribution in [0, 0.1) is 6.92 Å². The lowest BCUT2D eigenvalue weighted by molar-refractivity contribution is -0.121. The Morgan fingerprint density at radius 3 is 2.65 bits per heavy atom. The van der Waals surface area contributed by atoms with Crippen molar-refractivity contribution in [3.8, 4) is 11.3 Å². The molecule has 0 bridgehead atoms. The van der Waals surface area contributed by atoms with E-state index in [9.17, 15) is 4.79 Å². The zero-order valence-electron chi connectivity index (χ0n) is 13.1. The highest BCUT2D eigenvalue weighted by Crippen LogP contribution is 2.31. The fourth-order valence-corrected chi connectivity index (χ4v) is 3.19. The lowest BCUT2D eigenvalue weighted by atomic mass is 10.1. The summed E-state index contributed by atoms with van der Waals surface area (Å²) in [7, 11) is 0. The molecule has 0 fully saturated rings. The van der Waals surface area contributed by atoms with E-state index in [4.69, 9.17) is 17.3 Å². The van der Waals surface area contributed by atoms with E-state index in [-0.39, 0.29) is 24.4 Å². The van der Waals surface area contributed by atoms with Gasteiger partial charge in [0.05, 0.1) is 11.7 Å². The Balaban J connectivity index is 0.00000264. The van der Waals surface area contributed by atoms with Crippen LogP contribution in [-0.4, -0.2) is 17.4 Å². The van der Waals surface area contributed by atoms with E-state index >= 15 is 0 Å². The van der Waals surface area contributed by atoms with Crippen molar-refractivity contribution in [2.24, 2.45) is 5.73 Å². The molecule has 1 amide bonds. The number of aromatic nitrogens is 1. The second-order valence-electron chi connectivity index (χ2n) is 5.15. The molecule has 0 spiro atoms. The van der Waals surface area contributed by atoms with Crippen LogP contribution in [0.4, 0.5) is 0 Å². The first-order valence-corrected chi connectivity index (χ1v) is 8.43. The van der Waals surface area contributed by atoms with Crippen LogP contribution in [0.1, 0.15) is 35.7 Å². The van der Waals surface area contributed by atoms with Crippen LogP contribution >= 0.6 is 35.3 Å². The Morgan fingerprint density at radius 1 is 1.39 bits per heavy atom. The number of carbonyl (C=O) groups excluding carboxylic acids is 1. The first-order chi connectivity index (χ1) is 10.5. The van der Waals surface area contributed by atoms with Gasteiger partial charge in [-0.05, 0) is 38.9 Å². The van der Waals surface area contributed by atoms with Crippen molar-refractivity contribution >= 4 is 41.3 Å². The summed E-state index contributed by atoms with van der Waals surface area (Å²) in [5.74, 6) is 0.0128. The summed E-state index contributed by atoms with van der Waals surface area (Å²) in [5, 5.41) is 4.58. The number of thiazole rings is 1. The average Bonchev–Trinajstić information content (AvgIpc) is 2.88. The van der Waals surface area contributed by atoms with Crippen LogP contribution in [0.25, 0.3) is 11.3 Å². The maximum absolute atomic E-state index is 11.8. The fraction of sp³-hybridized carbons (Fsp3) is 0.375. The molecule has 0 aliphatic heterocycles. The Morgan fingerprint density at radius 2 is 2.04 bits per heavy atom. The van der Waals surface area contributed by atoms with Gasteiger partial charge in [-0.1, -0.05) is 23.7 Å². The minimum atomic E-state index is -0.102. The summed E-state index contributed by atoms with van der Waals surface area (Å²) in [6.07, 6.45) is 1.15. The Hall–Kier alpha value is -1.14. The molecule has 3 N–H and O–H groups in total. The van der Waals surface area contributed by atoms with Gasteiger partial charge in [-0.3, -0.25) is 4.79 Å². The van der Waals surface area contributed by atoms with Gasteiger partial charge < -0.3 is 11.1 Å². The lowest BCUT2D eigenvalue weighted by Gasteiger charge is -2.10. The van der Waals surface area contributed by atoms with E-state index < -0.39 is 0 Å². The quantitative estimate of drug-likeness (QED) is 0.800. The van der Waals surface area contributed by atoms with Gasteiger partial charge in [0, 0.05) is 21.9 Å². The number of carbonyl (C=O) groups is 1. The average molecular weight is 374 g/mol. The zero-order chi connectivity index (χ0) is 16.1. The molecule has 126 valence electrons. The summed E-state index contributed by atoms with van der Waals surface area (Å²) in [6.45, 7) is 4.51. The molecule has 0 saturated carbocycles. The number of nitrogens with zero attached hydrogens (tertiary/aromatic N) is 1. The van der Waals surface area contributed by atoms with Crippen molar-refractivity contribution in [2.45, 2.75) is 32.7 Å². The van der Waals surface area contributed by atoms with Crippen molar-refractivity contribution in [1.29, 1.82) is 0 Å². The number of benzene rings is 1. The minimum Gasteiger partial charge on any atom is -0.347 e. The smallest absolute Gasteiger partial charge is 0.220 e. The largest absolute Gasteiger partial charge is 0.347 e. The maximum atomic E-state index is 11.8. The fourth-order valence-electron chi connectivity index (χ4n) is 2.12. The van der Waals surface area contributed by atoms with Crippen molar-refractivity contribution in [3.63, 3.8) is 0 Å². The normalized spacial score (nSPS) is 11.7. The molecule has 1 unspecified atom stereocenters. The Bertz CT molecular complexity index is 643. The van der Waals surface area contributed by atoms with Crippen LogP contribution < -0.4 is 11.1 Å². The third kappa shape index (κ3) is 5.46. The standard InChI is InChI=1S/C16H20ClN3OS.ClH/c1-10(19-14(21)4-3-9-18)16-20-15(11(2)22-16)12-5-7-13(17)8-6-12;/h5-8,10H,3-4,9,18H2,1-2H3,(H,19,21);1H. The van der Waals surface area contributed by atoms with Gasteiger partial charge in [0.1, 0.15) is 5.01 Å². The van der Waals surface area contributed by atoms with Crippen molar-refractivity contribution < 1.29 is 4.79 Å². The number of aryl methyl sites for hydroxylation is 1. The van der Waals surface area contributed by atoms with Crippen molar-refractivity contribution in [3.05, 3.63) is 39.2 Å². The van der Waals surface area contributed by atoms with Crippen LogP contribution in [0.15, 0.2) is 24.3 Å². The molecule has 0 aliphatic rings. The molecule has 4 nitrogen and oxygen atoms in total. The van der Waals surface area contributed by atoms with Gasteiger partial charge >= 0.3 is 0 Å². The first kappa shape index (κ1) is 19.9. The number of amides is 1. The summed E-state index contributed by atoms with van der Waals surface area (Å²) in [4.78, 5) is 17.6. The van der Waals surface area contributed by atoms with Gasteiger partial charge in [-0.2, -0.15) is 0 Å². The summed E-state index contributed by atoms with van der Waals surface area (Å²) < 4.78 is 0. The second-order valence-corrected chi connectivity index (χ2v) is 6.82. The topological polar surface area (TPSA) is 68.0 Å². The number of hydrogen-bond acceptors (Lipinski definition) is 4. The molecule has 2 rings (SSSR count). The lowest BCUT2D eigenvalue weighted by Crippen LogP contribution is -2.26. The van der Waals surface area contributed by atoms with E-state index in [1.54, 1.807) is 11.3 Å². The molecule has 1 aromatic carbocycles. The van der Waals surface area contributed by atoms with Gasteiger partial charge in [0.25, 0.3) is 0 Å². The molecule has 2 aromatic rings. The highest BCUT2D eigenvalue weighted by molar-refractivity contribution is 7.12. The van der Waals surface area contributed by atoms with Crippen molar-refractivity contribution in [2.75, 3.05) is 6.54 Å². The van der Waals surface area contributed by atoms with Gasteiger partial charge in [-0.25, -0.2) is 4.98 Å². The first-order valence-electron chi connectivity index (χ1n) is 7.24. The third-order valence-corrected chi connectivity index (χ3v) is 4.69. The molecule has 1 atom stereocenters. The van der Waals surface area contributed by atoms with E-state index in [2.05, 4.69) is 10.3 Å². The highest BCUT2D eigenvalue weighted by atomic mass is 35.5. The second kappa shape index (κ2) is 9.23. The molecule has 23 heavy (non-hydrogen) atoms. The maximum Gasteiger partial charge on any atom is 0.220 e. The third-order valence-electron chi connectivity index (χ3n) is 3.29. The number of nitrogens with one attached hydrogen (secondary N) is 1. The van der Waals surface area contributed by atoms with E-state index in [1.807, 2.05) is 38.1 Å². The Kier molecular flexibility index (Phi) is 7.99. The molecule has 1 aromatic heterocycles. The van der Waals surface area contributed by atoms with Crippen LogP contribution in [0.3, 0.4) is 0 Å². The number of rotatable bonds is 6. The van der Waals surface area contributed by atoms with Gasteiger partial charge in [0.2, 0.25) is 5.91 Å². The van der Waals surface area contributed by atoms with E-state index in [1.165, 1.54) is 0 Å². The molecule has 1 heterocycles. The number of halogens is 2. The zero-order valence-corrected chi connectivity index (χ0v) is 15.5. The molecule has 7 heteroatoms. The molecular weight excluding hydrogens is 353 g/mol. The van der Waals surface area contributed by atoms with E-state index in [0.29, 0.717) is 24.4 Å². The van der Waals surface area contributed by atoms with Crippen LogP contribution in [0.5, 0.6) is 0 Å². The van der Waals surface area contributed by atoms with Crippen LogP contribution in [0.2, 0.25) is 5.02 Å². The summed E-state index contributed by atoms with van der Waals surface area (Å²) in [5.41, 5.74) is 7.39. The molecule has 0 saturated heterocycles. The molecule has 0 aliphatic carbocycles. The van der Waals surface area contributed by atoms with Gasteiger partial charge in [0.15, 0.2) is 0 Å². The van der Waals surface area contributed by atoms with E-state index in [0.717, 1.165) is 21.1 Å². The predicted octanol–water partition coefficient (Wildman–Crippen LogP) is 4.11. The monoisotopic (exact) mass is 373 g/mol. The summed E-state index contributed by atoms with van der Waals surface area (Å²) in [6, 6.07) is 7.52. The minimum absolute atomic E-state index is 0.